The third-order valence-corrected chi connectivity index (χ3v) is 6.27. The van der Waals surface area contributed by atoms with E-state index >= 15 is 0 Å². The van der Waals surface area contributed by atoms with Gasteiger partial charge in [0.05, 0.1) is 11.4 Å². The number of sulfonamides is 1. The molecule has 0 fully saturated rings. The standard InChI is InChI=1S/C21H26N2O4S/c1-16(9-10-18-7-5-4-6-8-18)22-21(25)15-23(3)28(26,27)20-13-11-19(12-14-20)17(2)24/h4-8,11-14,16H,9-10,15H2,1-3H3,(H,22,25)/t16-/m0/s1. The van der Waals surface area contributed by atoms with Crippen molar-refractivity contribution in [2.75, 3.05) is 13.6 Å². The highest BCUT2D eigenvalue weighted by molar-refractivity contribution is 7.89. The normalized spacial score (nSPS) is 12.6. The SMILES string of the molecule is CC(=O)c1ccc(S(=O)(=O)N(C)CC(=O)N[C@@H](C)CCc2ccccc2)cc1. The van der Waals surface area contributed by atoms with E-state index in [4.69, 9.17) is 0 Å². The molecule has 0 aliphatic heterocycles. The summed E-state index contributed by atoms with van der Waals surface area (Å²) >= 11 is 0. The monoisotopic (exact) mass is 402 g/mol. The minimum absolute atomic E-state index is 0.0462. The Bertz CT molecular complexity index is 909. The summed E-state index contributed by atoms with van der Waals surface area (Å²) in [5.74, 6) is -0.492. The van der Waals surface area contributed by atoms with Crippen molar-refractivity contribution in [1.29, 1.82) is 0 Å². The molecule has 0 unspecified atom stereocenters. The zero-order valence-electron chi connectivity index (χ0n) is 16.4. The third kappa shape index (κ3) is 6.00. The lowest BCUT2D eigenvalue weighted by Gasteiger charge is -2.19. The van der Waals surface area contributed by atoms with Gasteiger partial charge in [-0.05, 0) is 44.4 Å². The molecule has 1 N–H and O–H groups in total. The number of ketones is 1. The maximum absolute atomic E-state index is 12.6. The van der Waals surface area contributed by atoms with Crippen LogP contribution in [0.2, 0.25) is 0 Å². The number of benzene rings is 2. The van der Waals surface area contributed by atoms with Crippen LogP contribution in [0.5, 0.6) is 0 Å². The van der Waals surface area contributed by atoms with Crippen LogP contribution in [-0.2, 0) is 21.2 Å². The highest BCUT2D eigenvalue weighted by Crippen LogP contribution is 2.15. The summed E-state index contributed by atoms with van der Waals surface area (Å²) in [7, 11) is -2.44. The molecule has 2 aromatic carbocycles. The lowest BCUT2D eigenvalue weighted by molar-refractivity contribution is -0.121. The van der Waals surface area contributed by atoms with Crippen LogP contribution < -0.4 is 5.32 Å². The average molecular weight is 403 g/mol. The Labute approximate surface area is 166 Å². The van der Waals surface area contributed by atoms with Gasteiger partial charge >= 0.3 is 0 Å². The van der Waals surface area contributed by atoms with Gasteiger partial charge < -0.3 is 5.32 Å². The highest BCUT2D eigenvalue weighted by Gasteiger charge is 2.23. The zero-order valence-corrected chi connectivity index (χ0v) is 17.2. The first-order chi connectivity index (χ1) is 13.2. The van der Waals surface area contributed by atoms with E-state index in [0.717, 1.165) is 17.1 Å². The van der Waals surface area contributed by atoms with Crippen LogP contribution in [0.15, 0.2) is 59.5 Å². The van der Waals surface area contributed by atoms with E-state index < -0.39 is 10.0 Å². The molecule has 2 aromatic rings. The molecule has 1 amide bonds. The minimum atomic E-state index is -3.81. The largest absolute Gasteiger partial charge is 0.352 e. The van der Waals surface area contributed by atoms with Crippen molar-refractivity contribution < 1.29 is 18.0 Å². The summed E-state index contributed by atoms with van der Waals surface area (Å²) in [5.41, 5.74) is 1.63. The summed E-state index contributed by atoms with van der Waals surface area (Å²) in [5, 5.41) is 2.84. The zero-order chi connectivity index (χ0) is 20.7. The Morgan fingerprint density at radius 2 is 1.64 bits per heavy atom. The molecular formula is C21H26N2O4S. The maximum atomic E-state index is 12.6. The van der Waals surface area contributed by atoms with Gasteiger partial charge in [0.1, 0.15) is 0 Å². The summed E-state index contributed by atoms with van der Waals surface area (Å²) in [6, 6.07) is 15.6. The van der Waals surface area contributed by atoms with Crippen molar-refractivity contribution in [3.63, 3.8) is 0 Å². The van der Waals surface area contributed by atoms with Gasteiger partial charge in [0.15, 0.2) is 5.78 Å². The summed E-state index contributed by atoms with van der Waals surface area (Å²) < 4.78 is 26.2. The van der Waals surface area contributed by atoms with Crippen molar-refractivity contribution >= 4 is 21.7 Å². The van der Waals surface area contributed by atoms with Gasteiger partial charge in [0.2, 0.25) is 15.9 Å². The lowest BCUT2D eigenvalue weighted by Crippen LogP contribution is -2.41. The number of hydrogen-bond donors (Lipinski definition) is 1. The Hall–Kier alpha value is -2.51. The first-order valence-corrected chi connectivity index (χ1v) is 10.5. The van der Waals surface area contributed by atoms with E-state index in [-0.39, 0.29) is 29.2 Å². The topological polar surface area (TPSA) is 83.6 Å². The van der Waals surface area contributed by atoms with Crippen molar-refractivity contribution in [3.8, 4) is 0 Å². The Morgan fingerprint density at radius 3 is 2.21 bits per heavy atom. The number of nitrogens with zero attached hydrogens (tertiary/aromatic N) is 1. The number of carbonyl (C=O) groups excluding carboxylic acids is 2. The van der Waals surface area contributed by atoms with E-state index in [2.05, 4.69) is 5.32 Å². The average Bonchev–Trinajstić information content (AvgIpc) is 2.67. The van der Waals surface area contributed by atoms with Crippen LogP contribution >= 0.6 is 0 Å². The van der Waals surface area contributed by atoms with Gasteiger partial charge in [0, 0.05) is 18.7 Å². The molecule has 0 radical (unpaired) electrons. The van der Waals surface area contributed by atoms with E-state index in [1.165, 1.54) is 43.8 Å². The first-order valence-electron chi connectivity index (χ1n) is 9.11. The molecule has 0 saturated carbocycles. The summed E-state index contributed by atoms with van der Waals surface area (Å²) in [6.45, 7) is 3.04. The molecule has 7 heteroatoms. The number of hydrogen-bond acceptors (Lipinski definition) is 4. The molecule has 0 saturated heterocycles. The molecule has 1 atom stereocenters. The van der Waals surface area contributed by atoms with Crippen LogP contribution in [-0.4, -0.2) is 44.0 Å². The molecule has 0 heterocycles. The number of Topliss-reactive ketones (excluding diaryl/α,β-unsaturated/α-hetero) is 1. The molecule has 0 bridgehead atoms. The Kier molecular flexibility index (Phi) is 7.48. The molecule has 28 heavy (non-hydrogen) atoms. The molecular weight excluding hydrogens is 376 g/mol. The quantitative estimate of drug-likeness (QED) is 0.654. The Morgan fingerprint density at radius 1 is 1.04 bits per heavy atom. The van der Waals surface area contributed by atoms with Gasteiger partial charge in [-0.3, -0.25) is 9.59 Å². The van der Waals surface area contributed by atoms with Gasteiger partial charge in [-0.25, -0.2) is 8.42 Å². The second-order valence-electron chi connectivity index (χ2n) is 6.83. The second-order valence-corrected chi connectivity index (χ2v) is 8.88. The van der Waals surface area contributed by atoms with Crippen molar-refractivity contribution in [2.45, 2.75) is 37.6 Å². The fourth-order valence-corrected chi connectivity index (χ4v) is 3.88. The number of amides is 1. The minimum Gasteiger partial charge on any atom is -0.352 e. The molecule has 6 nitrogen and oxygen atoms in total. The molecule has 150 valence electrons. The van der Waals surface area contributed by atoms with Crippen molar-refractivity contribution in [1.82, 2.24) is 9.62 Å². The van der Waals surface area contributed by atoms with Gasteiger partial charge in [0.25, 0.3) is 0 Å². The van der Waals surface area contributed by atoms with Crippen LogP contribution in [0.4, 0.5) is 0 Å². The van der Waals surface area contributed by atoms with Crippen LogP contribution in [0, 0.1) is 0 Å². The molecule has 0 aliphatic carbocycles. The summed E-state index contributed by atoms with van der Waals surface area (Å²) in [6.07, 6.45) is 1.59. The predicted molar refractivity (Wildman–Crippen MR) is 109 cm³/mol. The van der Waals surface area contributed by atoms with E-state index in [0.29, 0.717) is 5.56 Å². The number of rotatable bonds is 9. The second kappa shape index (κ2) is 9.61. The smallest absolute Gasteiger partial charge is 0.243 e. The third-order valence-electron chi connectivity index (χ3n) is 4.45. The molecule has 0 spiro atoms. The van der Waals surface area contributed by atoms with Gasteiger partial charge in [-0.2, -0.15) is 4.31 Å². The number of carbonyl (C=O) groups is 2. The number of likely N-dealkylation sites (N-methyl/N-ethyl adjacent to an activating group) is 1. The van der Waals surface area contributed by atoms with Gasteiger partial charge in [-0.15, -0.1) is 0 Å². The maximum Gasteiger partial charge on any atom is 0.243 e. The molecule has 0 aliphatic rings. The number of aryl methyl sites for hydroxylation is 1. The summed E-state index contributed by atoms with van der Waals surface area (Å²) in [4.78, 5) is 23.6. The van der Waals surface area contributed by atoms with Crippen LogP contribution in [0.3, 0.4) is 0 Å². The fourth-order valence-electron chi connectivity index (χ4n) is 2.75. The predicted octanol–water partition coefficient (Wildman–Crippen LogP) is 2.65. The molecule has 0 aromatic heterocycles. The highest BCUT2D eigenvalue weighted by atomic mass is 32.2. The van der Waals surface area contributed by atoms with Crippen LogP contribution in [0.25, 0.3) is 0 Å². The number of nitrogens with one attached hydrogen (secondary N) is 1. The van der Waals surface area contributed by atoms with E-state index in [1.807, 2.05) is 37.3 Å². The van der Waals surface area contributed by atoms with E-state index in [9.17, 15) is 18.0 Å². The first kappa shape index (κ1) is 21.8. The van der Waals surface area contributed by atoms with Crippen molar-refractivity contribution in [2.24, 2.45) is 0 Å². The molecule has 2 rings (SSSR count). The lowest BCUT2D eigenvalue weighted by atomic mass is 10.1. The van der Waals surface area contributed by atoms with Gasteiger partial charge in [-0.1, -0.05) is 42.5 Å². The van der Waals surface area contributed by atoms with Crippen LogP contribution in [0.1, 0.15) is 36.2 Å². The van der Waals surface area contributed by atoms with E-state index in [1.54, 1.807) is 0 Å². The van der Waals surface area contributed by atoms with Crippen molar-refractivity contribution in [3.05, 3.63) is 65.7 Å². The Balaban J connectivity index is 1.90. The fraction of sp³-hybridized carbons (Fsp3) is 0.333.